The maximum Gasteiger partial charge on any atom is 0.238 e. The van der Waals surface area contributed by atoms with Crippen molar-refractivity contribution in [2.75, 3.05) is 37.4 Å². The minimum Gasteiger partial charge on any atom is -0.380 e. The number of rotatable bonds is 4. The maximum absolute atomic E-state index is 12.3. The van der Waals surface area contributed by atoms with Gasteiger partial charge >= 0.3 is 0 Å². The van der Waals surface area contributed by atoms with Gasteiger partial charge in [0.25, 0.3) is 0 Å². The topological polar surface area (TPSA) is 102 Å². The van der Waals surface area contributed by atoms with Crippen molar-refractivity contribution in [3.8, 4) is 0 Å². The molecule has 2 heterocycles. The van der Waals surface area contributed by atoms with Gasteiger partial charge in [-0.1, -0.05) is 6.07 Å². The lowest BCUT2D eigenvalue weighted by Crippen LogP contribution is -2.53. The fourth-order valence-corrected chi connectivity index (χ4v) is 5.02. The Morgan fingerprint density at radius 1 is 1.46 bits per heavy atom. The van der Waals surface area contributed by atoms with Crippen molar-refractivity contribution in [1.82, 2.24) is 4.90 Å². The Balaban J connectivity index is 1.63. The zero-order chi connectivity index (χ0) is 17.2. The van der Waals surface area contributed by atoms with Gasteiger partial charge in [0, 0.05) is 35.9 Å². The SMILES string of the molecule is NS(=O)(=O)c1cccc(NC(=O)CN2CCS[C@@H]3COCC[C@@H]32)c1. The van der Waals surface area contributed by atoms with Crippen LogP contribution in [0.5, 0.6) is 0 Å². The smallest absolute Gasteiger partial charge is 0.238 e. The van der Waals surface area contributed by atoms with Crippen LogP contribution in [0.25, 0.3) is 0 Å². The molecule has 0 bridgehead atoms. The second kappa shape index (κ2) is 7.40. The number of carbonyl (C=O) groups excluding carboxylic acids is 1. The molecule has 0 aromatic heterocycles. The average molecular weight is 371 g/mol. The number of hydrogen-bond donors (Lipinski definition) is 2. The molecule has 7 nitrogen and oxygen atoms in total. The highest BCUT2D eigenvalue weighted by Crippen LogP contribution is 2.30. The van der Waals surface area contributed by atoms with Crippen molar-refractivity contribution in [2.24, 2.45) is 5.14 Å². The number of carbonyl (C=O) groups is 1. The van der Waals surface area contributed by atoms with Crippen LogP contribution in [-0.2, 0) is 19.6 Å². The van der Waals surface area contributed by atoms with Gasteiger partial charge in [0.15, 0.2) is 0 Å². The molecule has 3 rings (SSSR count). The molecule has 3 N–H and O–H groups in total. The van der Waals surface area contributed by atoms with Crippen LogP contribution >= 0.6 is 11.8 Å². The van der Waals surface area contributed by atoms with Crippen LogP contribution < -0.4 is 10.5 Å². The van der Waals surface area contributed by atoms with Gasteiger partial charge in [-0.3, -0.25) is 9.69 Å². The highest BCUT2D eigenvalue weighted by molar-refractivity contribution is 8.00. The number of fused-ring (bicyclic) bond motifs is 1. The number of ether oxygens (including phenoxy) is 1. The summed E-state index contributed by atoms with van der Waals surface area (Å²) in [4.78, 5) is 14.5. The lowest BCUT2D eigenvalue weighted by Gasteiger charge is -2.43. The number of primary sulfonamides is 1. The predicted molar refractivity (Wildman–Crippen MR) is 93.5 cm³/mol. The van der Waals surface area contributed by atoms with E-state index in [0.717, 1.165) is 31.9 Å². The lowest BCUT2D eigenvalue weighted by molar-refractivity contribution is -0.118. The van der Waals surface area contributed by atoms with Gasteiger partial charge in [-0.15, -0.1) is 0 Å². The molecule has 2 atom stereocenters. The molecule has 2 aliphatic rings. The van der Waals surface area contributed by atoms with Crippen molar-refractivity contribution in [1.29, 1.82) is 0 Å². The molecule has 24 heavy (non-hydrogen) atoms. The van der Waals surface area contributed by atoms with Crippen molar-refractivity contribution in [2.45, 2.75) is 22.6 Å². The van der Waals surface area contributed by atoms with Gasteiger partial charge in [0.2, 0.25) is 15.9 Å². The molecule has 1 aromatic carbocycles. The molecule has 0 saturated carbocycles. The van der Waals surface area contributed by atoms with Crippen LogP contribution in [0.4, 0.5) is 5.69 Å². The number of anilines is 1. The molecule has 1 amide bonds. The molecule has 1 aromatic rings. The second-order valence-electron chi connectivity index (χ2n) is 5.93. The summed E-state index contributed by atoms with van der Waals surface area (Å²) in [6, 6.07) is 6.34. The Morgan fingerprint density at radius 3 is 3.08 bits per heavy atom. The molecule has 9 heteroatoms. The fourth-order valence-electron chi connectivity index (χ4n) is 3.10. The third-order valence-electron chi connectivity index (χ3n) is 4.24. The Labute approximate surface area is 146 Å². The summed E-state index contributed by atoms with van der Waals surface area (Å²) in [5, 5.41) is 8.30. The van der Waals surface area contributed by atoms with Gasteiger partial charge in [-0.2, -0.15) is 11.8 Å². The van der Waals surface area contributed by atoms with E-state index < -0.39 is 10.0 Å². The minimum atomic E-state index is -3.78. The number of nitrogens with one attached hydrogen (secondary N) is 1. The van der Waals surface area contributed by atoms with E-state index in [2.05, 4.69) is 10.2 Å². The summed E-state index contributed by atoms with van der Waals surface area (Å²) < 4.78 is 28.3. The van der Waals surface area contributed by atoms with E-state index in [4.69, 9.17) is 9.88 Å². The number of benzene rings is 1. The molecule has 2 aliphatic heterocycles. The van der Waals surface area contributed by atoms with E-state index in [1.807, 2.05) is 11.8 Å². The van der Waals surface area contributed by atoms with E-state index in [0.29, 0.717) is 23.5 Å². The fraction of sp³-hybridized carbons (Fsp3) is 0.533. The third-order valence-corrected chi connectivity index (χ3v) is 6.45. The number of hydrogen-bond acceptors (Lipinski definition) is 6. The number of amides is 1. The van der Waals surface area contributed by atoms with Gasteiger partial charge in [-0.25, -0.2) is 13.6 Å². The second-order valence-corrected chi connectivity index (χ2v) is 8.84. The van der Waals surface area contributed by atoms with Gasteiger partial charge < -0.3 is 10.1 Å². The van der Waals surface area contributed by atoms with E-state index in [9.17, 15) is 13.2 Å². The van der Waals surface area contributed by atoms with Crippen molar-refractivity contribution < 1.29 is 17.9 Å². The molecule has 2 fully saturated rings. The Bertz CT molecular complexity index is 708. The van der Waals surface area contributed by atoms with E-state index >= 15 is 0 Å². The van der Waals surface area contributed by atoms with Crippen LogP contribution in [0.2, 0.25) is 0 Å². The van der Waals surface area contributed by atoms with Crippen LogP contribution in [0.15, 0.2) is 29.2 Å². The van der Waals surface area contributed by atoms with Crippen molar-refractivity contribution in [3.05, 3.63) is 24.3 Å². The Hall–Kier alpha value is -1.13. The van der Waals surface area contributed by atoms with E-state index in [1.165, 1.54) is 12.1 Å². The summed E-state index contributed by atoms with van der Waals surface area (Å²) in [5.74, 6) is 0.831. The molecule has 0 radical (unpaired) electrons. The molecule has 0 unspecified atom stereocenters. The summed E-state index contributed by atoms with van der Waals surface area (Å²) in [5.41, 5.74) is 0.432. The highest BCUT2D eigenvalue weighted by atomic mass is 32.2. The molecule has 0 spiro atoms. The normalized spacial score (nSPS) is 25.0. The largest absolute Gasteiger partial charge is 0.380 e. The Kier molecular flexibility index (Phi) is 5.46. The van der Waals surface area contributed by atoms with Crippen LogP contribution in [-0.4, -0.2) is 62.6 Å². The Morgan fingerprint density at radius 2 is 2.29 bits per heavy atom. The highest BCUT2D eigenvalue weighted by Gasteiger charge is 2.35. The van der Waals surface area contributed by atoms with Gasteiger partial charge in [0.05, 0.1) is 18.0 Å². The van der Waals surface area contributed by atoms with Gasteiger partial charge in [-0.05, 0) is 24.6 Å². The van der Waals surface area contributed by atoms with Crippen molar-refractivity contribution >= 4 is 33.4 Å². The number of sulfonamides is 1. The number of nitrogens with two attached hydrogens (primary N) is 1. The first-order valence-corrected chi connectivity index (χ1v) is 10.4. The zero-order valence-corrected chi connectivity index (χ0v) is 14.8. The maximum atomic E-state index is 12.3. The average Bonchev–Trinajstić information content (AvgIpc) is 2.54. The minimum absolute atomic E-state index is 0.0147. The van der Waals surface area contributed by atoms with Crippen LogP contribution in [0.3, 0.4) is 0 Å². The number of nitrogens with zero attached hydrogens (tertiary/aromatic N) is 1. The first-order chi connectivity index (χ1) is 11.4. The van der Waals surface area contributed by atoms with Crippen LogP contribution in [0.1, 0.15) is 6.42 Å². The molecule has 0 aliphatic carbocycles. The monoisotopic (exact) mass is 371 g/mol. The molecular weight excluding hydrogens is 350 g/mol. The first kappa shape index (κ1) is 17.7. The molecule has 2 saturated heterocycles. The number of thioether (sulfide) groups is 1. The molecular formula is C15H21N3O4S2. The summed E-state index contributed by atoms with van der Waals surface area (Å²) in [6.07, 6.45) is 0.936. The van der Waals surface area contributed by atoms with Crippen molar-refractivity contribution in [3.63, 3.8) is 0 Å². The standard InChI is InChI=1S/C15H21N3O4S2/c16-24(20,21)12-3-1-2-11(8-12)17-15(19)9-18-5-7-23-14-10-22-6-4-13(14)18/h1-3,8,13-14H,4-7,9-10H2,(H,17,19)(H2,16,20,21)/t13-,14+/m0/s1. The lowest BCUT2D eigenvalue weighted by atomic mass is 10.1. The first-order valence-electron chi connectivity index (χ1n) is 7.79. The van der Waals surface area contributed by atoms with Crippen LogP contribution in [0, 0.1) is 0 Å². The summed E-state index contributed by atoms with van der Waals surface area (Å²) in [7, 11) is -3.78. The van der Waals surface area contributed by atoms with Gasteiger partial charge in [0.1, 0.15) is 0 Å². The molecule has 132 valence electrons. The van der Waals surface area contributed by atoms with E-state index in [1.54, 1.807) is 12.1 Å². The zero-order valence-electron chi connectivity index (χ0n) is 13.2. The quantitative estimate of drug-likeness (QED) is 0.798. The van der Waals surface area contributed by atoms with E-state index in [-0.39, 0.29) is 10.8 Å². The summed E-state index contributed by atoms with van der Waals surface area (Å²) >= 11 is 1.91. The third kappa shape index (κ3) is 4.28. The summed E-state index contributed by atoms with van der Waals surface area (Å²) in [6.45, 7) is 2.64. The predicted octanol–water partition coefficient (Wildman–Crippen LogP) is 0.479.